The largest absolute Gasteiger partial charge is 0.388 e. The Labute approximate surface area is 114 Å². The van der Waals surface area contributed by atoms with Gasteiger partial charge in [-0.25, -0.2) is 4.39 Å². The Balaban J connectivity index is 2.48. The molecule has 2 nitrogen and oxygen atoms in total. The maximum absolute atomic E-state index is 13.0. The summed E-state index contributed by atoms with van der Waals surface area (Å²) in [5.74, 6) is 0.422. The Morgan fingerprint density at radius 1 is 1.53 bits per heavy atom. The van der Waals surface area contributed by atoms with Crippen LogP contribution in [-0.2, 0) is 6.54 Å². The van der Waals surface area contributed by atoms with Crippen LogP contribution in [0.4, 0.5) is 4.39 Å². The summed E-state index contributed by atoms with van der Waals surface area (Å²) < 4.78 is 13.9. The molecule has 96 valence electrons. The Hall–Kier alpha value is -0.100. The van der Waals surface area contributed by atoms with Gasteiger partial charge in [0.25, 0.3) is 0 Å². The molecule has 17 heavy (non-hydrogen) atoms. The molecule has 0 amide bonds. The van der Waals surface area contributed by atoms with Crippen molar-refractivity contribution in [2.45, 2.75) is 19.1 Å². The van der Waals surface area contributed by atoms with Gasteiger partial charge in [0, 0.05) is 23.3 Å². The summed E-state index contributed by atoms with van der Waals surface area (Å²) in [5, 5.41) is 13.1. The van der Waals surface area contributed by atoms with E-state index in [1.54, 1.807) is 24.8 Å². The lowest BCUT2D eigenvalue weighted by Gasteiger charge is -2.22. The number of thioether (sulfide) groups is 1. The molecule has 0 aromatic heterocycles. The van der Waals surface area contributed by atoms with Crippen molar-refractivity contribution >= 4 is 27.7 Å². The van der Waals surface area contributed by atoms with E-state index in [-0.39, 0.29) is 5.82 Å². The van der Waals surface area contributed by atoms with Gasteiger partial charge < -0.3 is 10.4 Å². The molecule has 0 spiro atoms. The maximum Gasteiger partial charge on any atom is 0.123 e. The quantitative estimate of drug-likeness (QED) is 0.845. The summed E-state index contributed by atoms with van der Waals surface area (Å²) in [6.07, 6.45) is 1.96. The molecule has 0 aliphatic rings. The Morgan fingerprint density at radius 3 is 2.88 bits per heavy atom. The monoisotopic (exact) mass is 321 g/mol. The summed E-state index contributed by atoms with van der Waals surface area (Å²) in [4.78, 5) is 0. The fraction of sp³-hybridized carbons (Fsp3) is 0.500. The average Bonchev–Trinajstić information content (AvgIpc) is 2.23. The van der Waals surface area contributed by atoms with Gasteiger partial charge in [-0.05, 0) is 36.9 Å². The second-order valence-electron chi connectivity index (χ2n) is 4.27. The molecule has 2 N–H and O–H groups in total. The number of hydrogen-bond acceptors (Lipinski definition) is 3. The van der Waals surface area contributed by atoms with E-state index in [1.165, 1.54) is 12.1 Å². The van der Waals surface area contributed by atoms with Gasteiger partial charge in [0.15, 0.2) is 0 Å². The zero-order valence-electron chi connectivity index (χ0n) is 9.96. The summed E-state index contributed by atoms with van der Waals surface area (Å²) in [5.41, 5.74) is 0.115. The minimum absolute atomic E-state index is 0.249. The standard InChI is InChI=1S/C12H17BrFNOS/c1-12(16,8-17-2)7-15-6-9-5-10(14)3-4-11(9)13/h3-5,15-16H,6-8H2,1-2H3. The predicted molar refractivity (Wildman–Crippen MR) is 74.8 cm³/mol. The van der Waals surface area contributed by atoms with E-state index in [0.29, 0.717) is 18.8 Å². The molecule has 1 unspecified atom stereocenters. The summed E-state index contributed by atoms with van der Waals surface area (Å²) >= 11 is 4.97. The topological polar surface area (TPSA) is 32.3 Å². The van der Waals surface area contributed by atoms with Crippen molar-refractivity contribution in [3.8, 4) is 0 Å². The van der Waals surface area contributed by atoms with E-state index >= 15 is 0 Å². The highest BCUT2D eigenvalue weighted by atomic mass is 79.9. The van der Waals surface area contributed by atoms with Gasteiger partial charge in [0.05, 0.1) is 5.60 Å². The van der Waals surface area contributed by atoms with E-state index in [1.807, 2.05) is 6.26 Å². The number of benzene rings is 1. The smallest absolute Gasteiger partial charge is 0.123 e. The molecule has 1 aromatic carbocycles. The number of rotatable bonds is 6. The molecule has 0 saturated carbocycles. The second kappa shape index (κ2) is 6.73. The van der Waals surface area contributed by atoms with Crippen molar-refractivity contribution in [3.63, 3.8) is 0 Å². The van der Waals surface area contributed by atoms with Gasteiger partial charge in [-0.1, -0.05) is 15.9 Å². The molecular formula is C12H17BrFNOS. The molecule has 5 heteroatoms. The van der Waals surface area contributed by atoms with Crippen molar-refractivity contribution in [3.05, 3.63) is 34.1 Å². The van der Waals surface area contributed by atoms with Crippen LogP contribution in [0.3, 0.4) is 0 Å². The van der Waals surface area contributed by atoms with Gasteiger partial charge in [-0.2, -0.15) is 11.8 Å². The third kappa shape index (κ3) is 5.38. The van der Waals surface area contributed by atoms with Crippen molar-refractivity contribution < 1.29 is 9.50 Å². The zero-order valence-corrected chi connectivity index (χ0v) is 12.4. The van der Waals surface area contributed by atoms with Crippen molar-refractivity contribution in [2.75, 3.05) is 18.6 Å². The molecule has 1 atom stereocenters. The van der Waals surface area contributed by atoms with Crippen molar-refractivity contribution in [1.82, 2.24) is 5.32 Å². The highest BCUT2D eigenvalue weighted by Gasteiger charge is 2.18. The highest BCUT2D eigenvalue weighted by molar-refractivity contribution is 9.10. The SMILES string of the molecule is CSCC(C)(O)CNCc1cc(F)ccc1Br. The predicted octanol–water partition coefficient (Wildman–Crippen LogP) is 2.79. The fourth-order valence-corrected chi connectivity index (χ4v) is 2.62. The van der Waals surface area contributed by atoms with Crippen molar-refractivity contribution in [2.24, 2.45) is 0 Å². The van der Waals surface area contributed by atoms with E-state index in [2.05, 4.69) is 21.2 Å². The number of nitrogens with one attached hydrogen (secondary N) is 1. The van der Waals surface area contributed by atoms with Gasteiger partial charge in [-0.3, -0.25) is 0 Å². The highest BCUT2D eigenvalue weighted by Crippen LogP contribution is 2.18. The first kappa shape index (κ1) is 15.0. The first-order valence-corrected chi connectivity index (χ1v) is 7.49. The van der Waals surface area contributed by atoms with Crippen LogP contribution in [0.5, 0.6) is 0 Å². The molecule has 0 saturated heterocycles. The van der Waals surface area contributed by atoms with Crippen molar-refractivity contribution in [1.29, 1.82) is 0 Å². The molecule has 0 bridgehead atoms. The minimum Gasteiger partial charge on any atom is -0.388 e. The van der Waals surface area contributed by atoms with Crippen LogP contribution in [0.2, 0.25) is 0 Å². The lowest BCUT2D eigenvalue weighted by molar-refractivity contribution is 0.0846. The van der Waals surface area contributed by atoms with E-state index < -0.39 is 5.60 Å². The minimum atomic E-state index is -0.737. The summed E-state index contributed by atoms with van der Waals surface area (Å²) in [6, 6.07) is 4.59. The van der Waals surface area contributed by atoms with Gasteiger partial charge in [-0.15, -0.1) is 0 Å². The van der Waals surface area contributed by atoms with Crippen LogP contribution >= 0.6 is 27.7 Å². The van der Waals surface area contributed by atoms with E-state index in [4.69, 9.17) is 0 Å². The number of halogens is 2. The Kier molecular flexibility index (Phi) is 5.92. The van der Waals surface area contributed by atoms with E-state index in [9.17, 15) is 9.50 Å². The normalized spacial score (nSPS) is 14.6. The van der Waals surface area contributed by atoms with Crippen LogP contribution in [0.25, 0.3) is 0 Å². The third-order valence-electron chi connectivity index (χ3n) is 2.28. The van der Waals surface area contributed by atoms with Crippen LogP contribution in [0.1, 0.15) is 12.5 Å². The molecule has 0 radical (unpaired) electrons. The van der Waals surface area contributed by atoms with Crippen LogP contribution in [0, 0.1) is 5.82 Å². The average molecular weight is 322 g/mol. The van der Waals surface area contributed by atoms with E-state index in [0.717, 1.165) is 10.0 Å². The van der Waals surface area contributed by atoms with Crippen LogP contribution in [0.15, 0.2) is 22.7 Å². The Bertz CT molecular complexity index is 374. The molecule has 0 aliphatic carbocycles. The molecule has 0 heterocycles. The molecule has 0 aliphatic heterocycles. The van der Waals surface area contributed by atoms with Crippen LogP contribution < -0.4 is 5.32 Å². The van der Waals surface area contributed by atoms with Gasteiger partial charge in [0.1, 0.15) is 5.82 Å². The summed E-state index contributed by atoms with van der Waals surface area (Å²) in [7, 11) is 0. The van der Waals surface area contributed by atoms with Crippen LogP contribution in [-0.4, -0.2) is 29.3 Å². The number of aliphatic hydroxyl groups is 1. The second-order valence-corrected chi connectivity index (χ2v) is 5.99. The fourth-order valence-electron chi connectivity index (χ4n) is 1.51. The lowest BCUT2D eigenvalue weighted by Crippen LogP contribution is -2.39. The molecular weight excluding hydrogens is 305 g/mol. The Morgan fingerprint density at radius 2 is 2.24 bits per heavy atom. The summed E-state index contributed by atoms with van der Waals surface area (Å²) in [6.45, 7) is 2.80. The number of hydrogen-bond donors (Lipinski definition) is 2. The zero-order chi connectivity index (χ0) is 12.9. The first-order valence-electron chi connectivity index (χ1n) is 5.30. The lowest BCUT2D eigenvalue weighted by atomic mass is 10.1. The van der Waals surface area contributed by atoms with Gasteiger partial charge in [0.2, 0.25) is 0 Å². The molecule has 0 fully saturated rings. The van der Waals surface area contributed by atoms with Gasteiger partial charge >= 0.3 is 0 Å². The third-order valence-corrected chi connectivity index (χ3v) is 3.97. The molecule has 1 aromatic rings. The maximum atomic E-state index is 13.0. The first-order chi connectivity index (χ1) is 7.94. The molecule has 1 rings (SSSR count).